The van der Waals surface area contributed by atoms with Crippen LogP contribution in [0.2, 0.25) is 0 Å². The molecule has 0 radical (unpaired) electrons. The predicted molar refractivity (Wildman–Crippen MR) is 141 cm³/mol. The number of nitriles is 1. The van der Waals surface area contributed by atoms with Crippen molar-refractivity contribution >= 4 is 38.3 Å². The van der Waals surface area contributed by atoms with Crippen LogP contribution < -0.4 is 20.5 Å². The average molecular weight is 539 g/mol. The highest BCUT2D eigenvalue weighted by Crippen LogP contribution is 2.40. The number of hydrogen-bond acceptors (Lipinski definition) is 9. The SMILES string of the molecule is CC(=O)CNc1nc2c(N3CC(C)(C#N)C3)cc(S(=O)(=O)NC3(C)CC3)cc2c(=O)n1Cc1cnn(C)c1. The first-order valence-corrected chi connectivity index (χ1v) is 13.8. The van der Waals surface area contributed by atoms with Crippen LogP contribution in [0.4, 0.5) is 11.6 Å². The fourth-order valence-corrected chi connectivity index (χ4v) is 6.12. The van der Waals surface area contributed by atoms with Gasteiger partial charge in [-0.05, 0) is 45.7 Å². The molecule has 3 aromatic rings. The van der Waals surface area contributed by atoms with Gasteiger partial charge in [-0.3, -0.25) is 18.8 Å². The van der Waals surface area contributed by atoms with Gasteiger partial charge in [0, 0.05) is 37.4 Å². The molecule has 13 heteroatoms. The number of Topliss-reactive ketones (excluding diaryl/α,β-unsaturated/α-hetero) is 1. The van der Waals surface area contributed by atoms with Gasteiger partial charge in [0.25, 0.3) is 5.56 Å². The third kappa shape index (κ3) is 4.89. The summed E-state index contributed by atoms with van der Waals surface area (Å²) in [5, 5.41) is 16.8. The molecule has 1 saturated heterocycles. The van der Waals surface area contributed by atoms with E-state index in [-0.39, 0.29) is 35.1 Å². The van der Waals surface area contributed by atoms with E-state index in [2.05, 4.69) is 21.2 Å². The lowest BCUT2D eigenvalue weighted by Crippen LogP contribution is -2.54. The molecule has 200 valence electrons. The topological polar surface area (TPSA) is 155 Å². The number of sulfonamides is 1. The van der Waals surface area contributed by atoms with Gasteiger partial charge in [-0.25, -0.2) is 18.1 Å². The van der Waals surface area contributed by atoms with Crippen molar-refractivity contribution in [1.29, 1.82) is 5.26 Å². The Morgan fingerprint density at radius 1 is 1.24 bits per heavy atom. The molecule has 2 fully saturated rings. The van der Waals surface area contributed by atoms with E-state index in [9.17, 15) is 23.3 Å². The summed E-state index contributed by atoms with van der Waals surface area (Å²) in [5.74, 6) is 0.0479. The molecule has 38 heavy (non-hydrogen) atoms. The quantitative estimate of drug-likeness (QED) is 0.411. The van der Waals surface area contributed by atoms with Crippen LogP contribution in [0.1, 0.15) is 39.2 Å². The lowest BCUT2D eigenvalue weighted by Gasteiger charge is -2.45. The van der Waals surface area contributed by atoms with Gasteiger partial charge in [0.15, 0.2) is 0 Å². The van der Waals surface area contributed by atoms with E-state index in [1.54, 1.807) is 24.1 Å². The molecule has 1 aromatic carbocycles. The summed E-state index contributed by atoms with van der Waals surface area (Å²) in [4.78, 5) is 32.2. The molecule has 1 aliphatic heterocycles. The summed E-state index contributed by atoms with van der Waals surface area (Å²) >= 11 is 0. The predicted octanol–water partition coefficient (Wildman–Crippen LogP) is 1.36. The fourth-order valence-electron chi connectivity index (χ4n) is 4.61. The number of ketones is 1. The second-order valence-electron chi connectivity index (χ2n) is 10.9. The molecule has 1 aliphatic carbocycles. The number of aryl methyl sites for hydroxylation is 1. The number of carbonyl (C=O) groups excluding carboxylic acids is 1. The summed E-state index contributed by atoms with van der Waals surface area (Å²) in [5.41, 5.74) is -0.0473. The zero-order chi connectivity index (χ0) is 27.5. The van der Waals surface area contributed by atoms with Crippen molar-refractivity contribution in [2.75, 3.05) is 29.9 Å². The van der Waals surface area contributed by atoms with E-state index in [4.69, 9.17) is 4.98 Å². The number of aromatic nitrogens is 4. The first-order chi connectivity index (χ1) is 17.8. The molecule has 0 amide bonds. The van der Waals surface area contributed by atoms with Gasteiger partial charge in [0.1, 0.15) is 11.3 Å². The molecule has 2 aliphatic rings. The van der Waals surface area contributed by atoms with Gasteiger partial charge >= 0.3 is 0 Å². The monoisotopic (exact) mass is 538 g/mol. The van der Waals surface area contributed by atoms with Gasteiger partial charge in [-0.1, -0.05) is 0 Å². The second-order valence-corrected chi connectivity index (χ2v) is 12.6. The van der Waals surface area contributed by atoms with Crippen LogP contribution in [0, 0.1) is 16.7 Å². The van der Waals surface area contributed by atoms with Crippen molar-refractivity contribution in [1.82, 2.24) is 24.1 Å². The van der Waals surface area contributed by atoms with Crippen LogP contribution in [0.3, 0.4) is 0 Å². The van der Waals surface area contributed by atoms with Gasteiger partial charge < -0.3 is 10.2 Å². The Morgan fingerprint density at radius 2 is 1.95 bits per heavy atom. The molecule has 0 unspecified atom stereocenters. The molecule has 12 nitrogen and oxygen atoms in total. The second kappa shape index (κ2) is 8.92. The zero-order valence-electron chi connectivity index (χ0n) is 21.8. The highest BCUT2D eigenvalue weighted by atomic mass is 32.2. The van der Waals surface area contributed by atoms with Crippen molar-refractivity contribution in [3.05, 3.63) is 40.4 Å². The Hall–Kier alpha value is -3.76. The maximum Gasteiger partial charge on any atom is 0.263 e. The standard InChI is InChI=1S/C25H30N8O4S/c1-16(34)9-27-23-29-21-19(22(35)33(23)12-17-10-28-31(4)11-17)7-18(38(36,37)30-25(3)5-6-25)8-20(21)32-14-24(2,13-26)15-32/h7-8,10-11,30H,5-6,9,12,14-15H2,1-4H3,(H,27,29). The highest BCUT2D eigenvalue weighted by Gasteiger charge is 2.43. The van der Waals surface area contributed by atoms with Crippen LogP contribution in [0.25, 0.3) is 10.9 Å². The third-order valence-electron chi connectivity index (χ3n) is 6.99. The summed E-state index contributed by atoms with van der Waals surface area (Å²) in [6.45, 7) is 5.91. The maximum atomic E-state index is 13.9. The van der Waals surface area contributed by atoms with Crippen molar-refractivity contribution in [2.24, 2.45) is 12.5 Å². The zero-order valence-corrected chi connectivity index (χ0v) is 22.6. The summed E-state index contributed by atoms with van der Waals surface area (Å²) in [6, 6.07) is 5.16. The number of nitrogens with one attached hydrogen (secondary N) is 2. The molecular weight excluding hydrogens is 508 g/mol. The van der Waals surface area contributed by atoms with E-state index in [0.717, 1.165) is 18.4 Å². The lowest BCUT2D eigenvalue weighted by molar-refractivity contribution is -0.115. The minimum absolute atomic E-state index is 0.0324. The van der Waals surface area contributed by atoms with E-state index in [1.807, 2.05) is 18.7 Å². The van der Waals surface area contributed by atoms with Gasteiger partial charge in [0.05, 0.1) is 46.7 Å². The number of fused-ring (bicyclic) bond motifs is 1. The van der Waals surface area contributed by atoms with E-state index < -0.39 is 26.5 Å². The Balaban J connectivity index is 1.71. The first kappa shape index (κ1) is 25.9. The number of hydrogen-bond donors (Lipinski definition) is 2. The summed E-state index contributed by atoms with van der Waals surface area (Å²) in [6.07, 6.45) is 4.87. The third-order valence-corrected chi connectivity index (χ3v) is 8.61. The average Bonchev–Trinajstić information content (AvgIpc) is 3.40. The van der Waals surface area contributed by atoms with Crippen LogP contribution >= 0.6 is 0 Å². The smallest absolute Gasteiger partial charge is 0.263 e. The number of nitrogens with zero attached hydrogens (tertiary/aromatic N) is 6. The molecule has 2 aromatic heterocycles. The Kier molecular flexibility index (Phi) is 6.07. The van der Waals surface area contributed by atoms with Crippen LogP contribution in [0.15, 0.2) is 34.2 Å². The Morgan fingerprint density at radius 3 is 2.53 bits per heavy atom. The minimum Gasteiger partial charge on any atom is -0.366 e. The van der Waals surface area contributed by atoms with Crippen molar-refractivity contribution in [3.63, 3.8) is 0 Å². The number of benzene rings is 1. The van der Waals surface area contributed by atoms with Crippen molar-refractivity contribution < 1.29 is 13.2 Å². The normalized spacial score (nSPS) is 17.6. The number of anilines is 2. The molecular formula is C25H30N8O4S. The minimum atomic E-state index is -3.93. The van der Waals surface area contributed by atoms with Gasteiger partial charge in [-0.15, -0.1) is 0 Å². The molecule has 0 bridgehead atoms. The number of carbonyl (C=O) groups is 1. The molecule has 0 atom stereocenters. The van der Waals surface area contributed by atoms with Crippen molar-refractivity contribution in [2.45, 2.75) is 50.6 Å². The van der Waals surface area contributed by atoms with E-state index >= 15 is 0 Å². The number of rotatable bonds is 9. The Bertz CT molecular complexity index is 1660. The molecule has 5 rings (SSSR count). The van der Waals surface area contributed by atoms with Crippen LogP contribution in [-0.2, 0) is 28.4 Å². The summed E-state index contributed by atoms with van der Waals surface area (Å²) < 4.78 is 32.5. The van der Waals surface area contributed by atoms with Crippen LogP contribution in [0.5, 0.6) is 0 Å². The highest BCUT2D eigenvalue weighted by molar-refractivity contribution is 7.89. The van der Waals surface area contributed by atoms with Gasteiger partial charge in [0.2, 0.25) is 16.0 Å². The van der Waals surface area contributed by atoms with E-state index in [0.29, 0.717) is 24.3 Å². The molecule has 3 heterocycles. The maximum absolute atomic E-state index is 13.9. The molecule has 1 saturated carbocycles. The molecule has 0 spiro atoms. The lowest BCUT2D eigenvalue weighted by atomic mass is 9.83. The fraction of sp³-hybridized carbons (Fsp3) is 0.480. The molecule has 2 N–H and O–H groups in total. The van der Waals surface area contributed by atoms with Gasteiger partial charge in [-0.2, -0.15) is 10.4 Å². The van der Waals surface area contributed by atoms with Crippen molar-refractivity contribution in [3.8, 4) is 6.07 Å². The van der Waals surface area contributed by atoms with E-state index in [1.165, 1.54) is 23.6 Å². The summed E-state index contributed by atoms with van der Waals surface area (Å²) in [7, 11) is -2.17. The Labute approximate surface area is 220 Å². The first-order valence-electron chi connectivity index (χ1n) is 12.3. The van der Waals surface area contributed by atoms with Crippen LogP contribution in [-0.4, -0.2) is 58.7 Å². The largest absolute Gasteiger partial charge is 0.366 e.